The van der Waals surface area contributed by atoms with Crippen molar-refractivity contribution in [3.05, 3.63) is 29.3 Å². The number of benzene rings is 1. The quantitative estimate of drug-likeness (QED) is 0.734. The van der Waals surface area contributed by atoms with Crippen LogP contribution in [0.15, 0.2) is 18.2 Å². The first-order valence-electron chi connectivity index (χ1n) is 11.6. The fraction of sp³-hybridized carbons (Fsp3) is 0.625. The maximum absolute atomic E-state index is 12.7. The Morgan fingerprint density at radius 2 is 1.81 bits per heavy atom. The van der Waals surface area contributed by atoms with Crippen molar-refractivity contribution in [2.24, 2.45) is 17.8 Å². The van der Waals surface area contributed by atoms with E-state index in [4.69, 9.17) is 0 Å². The molecule has 3 fully saturated rings. The van der Waals surface area contributed by atoms with Crippen molar-refractivity contribution in [2.75, 3.05) is 38.0 Å². The van der Waals surface area contributed by atoms with E-state index in [9.17, 15) is 14.4 Å². The van der Waals surface area contributed by atoms with Gasteiger partial charge in [0.1, 0.15) is 0 Å². The number of carbonyl (C=O) groups is 3. The Hall–Kier alpha value is -2.57. The number of rotatable bonds is 6. The number of hydrogen-bond donors (Lipinski definition) is 2. The highest BCUT2D eigenvalue weighted by Crippen LogP contribution is 2.28. The Bertz CT molecular complexity index is 843. The summed E-state index contributed by atoms with van der Waals surface area (Å²) in [6.45, 7) is 7.37. The molecule has 7 nitrogen and oxygen atoms in total. The van der Waals surface area contributed by atoms with E-state index in [1.165, 1.54) is 12.8 Å². The Balaban J connectivity index is 1.21. The number of carbonyl (C=O) groups excluding carboxylic acids is 3. The molecule has 1 aliphatic carbocycles. The van der Waals surface area contributed by atoms with Crippen molar-refractivity contribution >= 4 is 23.5 Å². The number of nitrogens with zero attached hydrogens (tertiary/aromatic N) is 2. The Labute approximate surface area is 184 Å². The van der Waals surface area contributed by atoms with E-state index in [-0.39, 0.29) is 23.8 Å². The van der Waals surface area contributed by atoms with Gasteiger partial charge in [0.15, 0.2) is 0 Å². The van der Waals surface area contributed by atoms with Gasteiger partial charge in [-0.1, -0.05) is 12.1 Å². The number of anilines is 1. The number of piperidine rings is 1. The standard InChI is InChI=1S/C24H34N4O3/c1-16-3-4-17(2)21(11-16)26-24(31)27-9-7-19(8-10-27)14-28-15-20(12-22(28)29)23(30)25-13-18-5-6-18/h3-4,11,18-20H,5-10,12-15H2,1-2H3,(H,25,30)(H,26,31). The van der Waals surface area contributed by atoms with Gasteiger partial charge in [0.2, 0.25) is 11.8 Å². The zero-order chi connectivity index (χ0) is 22.0. The van der Waals surface area contributed by atoms with Crippen LogP contribution in [-0.2, 0) is 9.59 Å². The molecule has 2 N–H and O–H groups in total. The Kier molecular flexibility index (Phi) is 6.49. The van der Waals surface area contributed by atoms with Gasteiger partial charge in [-0.15, -0.1) is 0 Å². The van der Waals surface area contributed by atoms with Crippen molar-refractivity contribution in [3.63, 3.8) is 0 Å². The SMILES string of the molecule is Cc1ccc(C)c(NC(=O)N2CCC(CN3CC(C(=O)NCC4CC4)CC3=O)CC2)c1. The van der Waals surface area contributed by atoms with Gasteiger partial charge in [0.25, 0.3) is 0 Å². The molecule has 0 spiro atoms. The average Bonchev–Trinajstić information content (AvgIpc) is 3.51. The van der Waals surface area contributed by atoms with Crippen LogP contribution in [0.25, 0.3) is 0 Å². The molecule has 1 atom stereocenters. The zero-order valence-electron chi connectivity index (χ0n) is 18.7. The lowest BCUT2D eigenvalue weighted by Gasteiger charge is -2.34. The van der Waals surface area contributed by atoms with E-state index < -0.39 is 0 Å². The average molecular weight is 427 g/mol. The van der Waals surface area contributed by atoms with Crippen LogP contribution in [-0.4, -0.2) is 60.4 Å². The highest BCUT2D eigenvalue weighted by molar-refractivity contribution is 5.90. The molecule has 1 unspecified atom stereocenters. The fourth-order valence-electron chi connectivity index (χ4n) is 4.53. The molecule has 3 aliphatic rings. The zero-order valence-corrected chi connectivity index (χ0v) is 18.7. The predicted octanol–water partition coefficient (Wildman–Crippen LogP) is 2.92. The first-order chi connectivity index (χ1) is 14.9. The number of likely N-dealkylation sites (tertiary alicyclic amines) is 2. The Morgan fingerprint density at radius 3 is 2.52 bits per heavy atom. The molecule has 7 heteroatoms. The number of hydrogen-bond acceptors (Lipinski definition) is 3. The van der Waals surface area contributed by atoms with Crippen molar-refractivity contribution < 1.29 is 14.4 Å². The molecule has 4 rings (SSSR count). The second-order valence-electron chi connectivity index (χ2n) is 9.57. The third-order valence-corrected chi connectivity index (χ3v) is 6.86. The van der Waals surface area contributed by atoms with Gasteiger partial charge in [-0.2, -0.15) is 0 Å². The number of urea groups is 1. The van der Waals surface area contributed by atoms with Crippen LogP contribution >= 0.6 is 0 Å². The van der Waals surface area contributed by atoms with Crippen molar-refractivity contribution in [2.45, 2.75) is 46.0 Å². The third-order valence-electron chi connectivity index (χ3n) is 6.86. The third kappa shape index (κ3) is 5.57. The van der Waals surface area contributed by atoms with E-state index in [1.54, 1.807) is 0 Å². The molecule has 1 aromatic rings. The van der Waals surface area contributed by atoms with Crippen LogP contribution in [0.1, 0.15) is 43.2 Å². The van der Waals surface area contributed by atoms with Crippen molar-refractivity contribution in [1.82, 2.24) is 15.1 Å². The molecule has 0 aromatic heterocycles. The molecule has 2 aliphatic heterocycles. The molecule has 0 radical (unpaired) electrons. The monoisotopic (exact) mass is 426 g/mol. The van der Waals surface area contributed by atoms with Crippen LogP contribution in [0.2, 0.25) is 0 Å². The predicted molar refractivity (Wildman–Crippen MR) is 120 cm³/mol. The summed E-state index contributed by atoms with van der Waals surface area (Å²) in [4.78, 5) is 41.1. The van der Waals surface area contributed by atoms with Crippen molar-refractivity contribution in [1.29, 1.82) is 0 Å². The fourth-order valence-corrected chi connectivity index (χ4v) is 4.53. The van der Waals surface area contributed by atoms with E-state index in [1.807, 2.05) is 41.8 Å². The molecular formula is C24H34N4O3. The summed E-state index contributed by atoms with van der Waals surface area (Å²) in [7, 11) is 0. The van der Waals surface area contributed by atoms with Crippen LogP contribution < -0.4 is 10.6 Å². The van der Waals surface area contributed by atoms with Crippen LogP contribution in [0.4, 0.5) is 10.5 Å². The molecule has 1 saturated carbocycles. The summed E-state index contributed by atoms with van der Waals surface area (Å²) in [6, 6.07) is 5.99. The van der Waals surface area contributed by atoms with Crippen LogP contribution in [0.5, 0.6) is 0 Å². The number of aryl methyl sites for hydroxylation is 2. The summed E-state index contributed by atoms with van der Waals surface area (Å²) in [5.74, 6) is 0.924. The van der Waals surface area contributed by atoms with Crippen LogP contribution in [0.3, 0.4) is 0 Å². The lowest BCUT2D eigenvalue weighted by atomic mass is 9.96. The molecule has 4 amide bonds. The summed E-state index contributed by atoms with van der Waals surface area (Å²) in [5, 5.41) is 6.04. The topological polar surface area (TPSA) is 81.8 Å². The van der Waals surface area contributed by atoms with Gasteiger partial charge in [0, 0.05) is 44.8 Å². The minimum absolute atomic E-state index is 0.0284. The second-order valence-corrected chi connectivity index (χ2v) is 9.57. The minimum Gasteiger partial charge on any atom is -0.356 e. The summed E-state index contributed by atoms with van der Waals surface area (Å²) < 4.78 is 0. The van der Waals surface area contributed by atoms with Gasteiger partial charge >= 0.3 is 6.03 Å². The van der Waals surface area contributed by atoms with E-state index in [2.05, 4.69) is 10.6 Å². The lowest BCUT2D eigenvalue weighted by Crippen LogP contribution is -2.44. The summed E-state index contributed by atoms with van der Waals surface area (Å²) in [6.07, 6.45) is 4.49. The molecule has 1 aromatic carbocycles. The molecule has 0 bridgehead atoms. The van der Waals surface area contributed by atoms with Gasteiger partial charge in [-0.3, -0.25) is 9.59 Å². The first kappa shape index (κ1) is 21.7. The highest BCUT2D eigenvalue weighted by atomic mass is 16.2. The maximum Gasteiger partial charge on any atom is 0.321 e. The number of amides is 4. The van der Waals surface area contributed by atoms with Gasteiger partial charge in [0.05, 0.1) is 5.92 Å². The Morgan fingerprint density at radius 1 is 1.06 bits per heavy atom. The molecule has 168 valence electrons. The summed E-state index contributed by atoms with van der Waals surface area (Å²) >= 11 is 0. The van der Waals surface area contributed by atoms with E-state index >= 15 is 0 Å². The molecule has 31 heavy (non-hydrogen) atoms. The first-order valence-corrected chi connectivity index (χ1v) is 11.6. The molecular weight excluding hydrogens is 392 g/mol. The van der Waals surface area contributed by atoms with Crippen molar-refractivity contribution in [3.8, 4) is 0 Å². The van der Waals surface area contributed by atoms with E-state index in [0.717, 1.165) is 36.2 Å². The lowest BCUT2D eigenvalue weighted by molar-refractivity contribution is -0.129. The van der Waals surface area contributed by atoms with Gasteiger partial charge < -0.3 is 20.4 Å². The number of nitrogens with one attached hydrogen (secondary N) is 2. The smallest absolute Gasteiger partial charge is 0.321 e. The van der Waals surface area contributed by atoms with Gasteiger partial charge in [-0.05, 0) is 68.6 Å². The van der Waals surface area contributed by atoms with E-state index in [0.29, 0.717) is 44.4 Å². The molecule has 2 saturated heterocycles. The second kappa shape index (κ2) is 9.28. The molecule has 2 heterocycles. The maximum atomic E-state index is 12.7. The van der Waals surface area contributed by atoms with Crippen LogP contribution in [0, 0.1) is 31.6 Å². The normalized spacial score (nSPS) is 22.0. The largest absolute Gasteiger partial charge is 0.356 e. The van der Waals surface area contributed by atoms with Gasteiger partial charge in [-0.25, -0.2) is 4.79 Å². The highest BCUT2D eigenvalue weighted by Gasteiger charge is 2.36. The summed E-state index contributed by atoms with van der Waals surface area (Å²) in [5.41, 5.74) is 3.03. The minimum atomic E-state index is -0.213.